The number of hydrogen-bond acceptors (Lipinski definition) is 7. The number of hydrogen-bond donors (Lipinski definition) is 1. The predicted octanol–water partition coefficient (Wildman–Crippen LogP) is 3.57. The van der Waals surface area contributed by atoms with Crippen LogP contribution in [0.5, 0.6) is 5.88 Å². The van der Waals surface area contributed by atoms with Crippen molar-refractivity contribution in [1.29, 1.82) is 0 Å². The van der Waals surface area contributed by atoms with E-state index >= 15 is 0 Å². The summed E-state index contributed by atoms with van der Waals surface area (Å²) in [5, 5.41) is 0. The molecule has 2 aliphatic rings. The molecule has 0 bridgehead atoms. The number of aromatic nitrogens is 3. The van der Waals surface area contributed by atoms with E-state index in [0.717, 1.165) is 30.3 Å². The van der Waals surface area contributed by atoms with E-state index in [1.165, 1.54) is 11.6 Å². The van der Waals surface area contributed by atoms with E-state index in [0.29, 0.717) is 25.5 Å². The zero-order valence-corrected chi connectivity index (χ0v) is 18.6. The number of carbonyl (C=O) groups is 1. The van der Waals surface area contributed by atoms with Crippen LogP contribution in [0.2, 0.25) is 0 Å². The molecule has 7 nitrogen and oxygen atoms in total. The average molecular weight is 480 g/mol. The second-order valence-corrected chi connectivity index (χ2v) is 8.96. The molecular weight excluding hydrogens is 455 g/mol. The Labute approximate surface area is 193 Å². The molecule has 0 aromatic carbocycles. The van der Waals surface area contributed by atoms with Crippen molar-refractivity contribution in [2.24, 2.45) is 11.7 Å². The molecule has 4 rings (SSSR count). The van der Waals surface area contributed by atoms with Gasteiger partial charge in [-0.15, -0.1) is 11.3 Å². The van der Waals surface area contributed by atoms with Crippen LogP contribution in [-0.4, -0.2) is 51.5 Å². The van der Waals surface area contributed by atoms with Crippen molar-refractivity contribution in [3.8, 4) is 5.88 Å². The number of halogens is 3. The van der Waals surface area contributed by atoms with Crippen LogP contribution in [0.15, 0.2) is 48.2 Å². The molecule has 2 N–H and O–H groups in total. The van der Waals surface area contributed by atoms with Gasteiger partial charge in [-0.25, -0.2) is 23.1 Å². The second kappa shape index (κ2) is 10.0. The number of primary amides is 1. The first kappa shape index (κ1) is 23.4. The van der Waals surface area contributed by atoms with Gasteiger partial charge in [0, 0.05) is 35.8 Å². The van der Waals surface area contributed by atoms with Crippen molar-refractivity contribution in [3.05, 3.63) is 58.7 Å². The van der Waals surface area contributed by atoms with Crippen LogP contribution in [-0.2, 0) is 10.2 Å². The zero-order chi connectivity index (χ0) is 23.4. The van der Waals surface area contributed by atoms with Gasteiger partial charge in [-0.1, -0.05) is 12.2 Å². The first-order valence-corrected chi connectivity index (χ1v) is 11.5. The molecule has 176 valence electrons. The van der Waals surface area contributed by atoms with E-state index in [4.69, 9.17) is 10.5 Å². The van der Waals surface area contributed by atoms with Crippen LogP contribution in [0.4, 0.5) is 13.2 Å². The van der Waals surface area contributed by atoms with Crippen LogP contribution < -0.4 is 10.5 Å². The minimum atomic E-state index is -2.84. The monoisotopic (exact) mass is 479 g/mol. The summed E-state index contributed by atoms with van der Waals surface area (Å²) in [6.45, 7) is 1.88. The van der Waals surface area contributed by atoms with E-state index in [-0.39, 0.29) is 17.4 Å². The summed E-state index contributed by atoms with van der Waals surface area (Å²) in [4.78, 5) is 26.5. The molecule has 1 saturated heterocycles. The van der Waals surface area contributed by atoms with Gasteiger partial charge in [-0.3, -0.25) is 9.78 Å². The molecule has 3 heterocycles. The Morgan fingerprint density at radius 2 is 2.09 bits per heavy atom. The fourth-order valence-corrected chi connectivity index (χ4v) is 5.60. The lowest BCUT2D eigenvalue weighted by molar-refractivity contribution is -0.122. The fraction of sp³-hybridized carbons (Fsp3) is 0.455. The summed E-state index contributed by atoms with van der Waals surface area (Å²) in [6.07, 6.45) is 7.84. The van der Waals surface area contributed by atoms with E-state index in [1.807, 2.05) is 0 Å². The highest BCUT2D eigenvalue weighted by Crippen LogP contribution is 2.48. The maximum atomic E-state index is 14.8. The van der Waals surface area contributed by atoms with E-state index in [1.54, 1.807) is 24.7 Å². The van der Waals surface area contributed by atoms with Gasteiger partial charge in [0.15, 0.2) is 0 Å². The van der Waals surface area contributed by atoms with Crippen LogP contribution in [0, 0.1) is 5.92 Å². The molecule has 0 spiro atoms. The first-order chi connectivity index (χ1) is 15.9. The molecule has 1 aliphatic carbocycles. The van der Waals surface area contributed by atoms with E-state index in [2.05, 4.69) is 19.9 Å². The van der Waals surface area contributed by atoms with Gasteiger partial charge in [0.1, 0.15) is 23.5 Å². The number of rotatable bonds is 8. The lowest BCUT2D eigenvalue weighted by Crippen LogP contribution is -2.47. The van der Waals surface area contributed by atoms with Crippen molar-refractivity contribution in [2.75, 3.05) is 19.6 Å². The molecule has 2 unspecified atom stereocenters. The van der Waals surface area contributed by atoms with Gasteiger partial charge >= 0.3 is 0 Å². The smallest absolute Gasteiger partial charge is 0.281 e. The molecule has 33 heavy (non-hydrogen) atoms. The molecule has 1 aliphatic heterocycles. The number of alkyl halides is 2. The first-order valence-electron chi connectivity index (χ1n) is 10.6. The number of allylic oxidation sites excluding steroid dienone is 3. The molecule has 0 saturated carbocycles. The minimum Gasteiger partial charge on any atom is -0.473 e. The Bertz CT molecular complexity index is 1020. The van der Waals surface area contributed by atoms with Gasteiger partial charge in [0.25, 0.3) is 6.43 Å². The van der Waals surface area contributed by atoms with Crippen molar-refractivity contribution in [2.45, 2.75) is 37.2 Å². The van der Waals surface area contributed by atoms with Crippen molar-refractivity contribution < 1.29 is 22.7 Å². The molecule has 2 aromatic rings. The third-order valence-corrected chi connectivity index (χ3v) is 7.19. The number of thiazole rings is 1. The highest BCUT2D eigenvalue weighted by Gasteiger charge is 2.48. The van der Waals surface area contributed by atoms with Crippen molar-refractivity contribution >= 4 is 17.2 Å². The number of nitrogens with two attached hydrogens (primary N) is 1. The van der Waals surface area contributed by atoms with E-state index < -0.39 is 35.2 Å². The fourth-order valence-electron chi connectivity index (χ4n) is 4.56. The van der Waals surface area contributed by atoms with Gasteiger partial charge in [0.2, 0.25) is 11.8 Å². The lowest BCUT2D eigenvalue weighted by atomic mass is 9.67. The Morgan fingerprint density at radius 3 is 2.76 bits per heavy atom. The van der Waals surface area contributed by atoms with E-state index in [9.17, 15) is 18.0 Å². The van der Waals surface area contributed by atoms with Gasteiger partial charge in [-0.05, 0) is 31.9 Å². The third-order valence-electron chi connectivity index (χ3n) is 6.15. The Balaban J connectivity index is 1.49. The maximum absolute atomic E-state index is 14.8. The van der Waals surface area contributed by atoms with Crippen LogP contribution in [0.3, 0.4) is 0 Å². The van der Waals surface area contributed by atoms with Gasteiger partial charge in [0.05, 0.1) is 11.7 Å². The summed E-state index contributed by atoms with van der Waals surface area (Å²) in [5.41, 5.74) is 5.13. The Kier molecular flexibility index (Phi) is 7.08. The van der Waals surface area contributed by atoms with Crippen molar-refractivity contribution in [1.82, 2.24) is 19.9 Å². The number of ether oxygens (including phenoxy) is 1. The Morgan fingerprint density at radius 1 is 1.30 bits per heavy atom. The standard InChI is InChI=1S/C22H24F3N5O2S/c23-15-2-1-5-22(17(15)21(26)31,19-18(20(24)25)29-13-33-19)6-11-30-9-3-14(4-10-30)32-16-12-27-7-8-28-16/h1-2,5,7-8,12-14,17,20H,3-4,6,9-11H2,(H2,26,31). The predicted molar refractivity (Wildman–Crippen MR) is 117 cm³/mol. The molecule has 2 atom stereocenters. The van der Waals surface area contributed by atoms with Crippen LogP contribution >= 0.6 is 11.3 Å². The average Bonchev–Trinajstić information content (AvgIpc) is 3.30. The summed E-state index contributed by atoms with van der Waals surface area (Å²) in [6, 6.07) is 0. The summed E-state index contributed by atoms with van der Waals surface area (Å²) < 4.78 is 48.0. The molecule has 0 radical (unpaired) electrons. The normalized spacial score (nSPS) is 24.1. The van der Waals surface area contributed by atoms with Crippen molar-refractivity contribution in [3.63, 3.8) is 0 Å². The number of carbonyl (C=O) groups excluding carboxylic acids is 1. The number of piperidine rings is 1. The van der Waals surface area contributed by atoms with Gasteiger partial charge in [-0.2, -0.15) is 0 Å². The quantitative estimate of drug-likeness (QED) is 0.622. The lowest BCUT2D eigenvalue weighted by Gasteiger charge is -2.40. The number of nitrogens with zero attached hydrogens (tertiary/aromatic N) is 4. The highest BCUT2D eigenvalue weighted by atomic mass is 32.1. The molecule has 2 aromatic heterocycles. The molecule has 1 fully saturated rings. The second-order valence-electron chi connectivity index (χ2n) is 8.11. The summed E-state index contributed by atoms with van der Waals surface area (Å²) >= 11 is 0.999. The zero-order valence-electron chi connectivity index (χ0n) is 17.7. The topological polar surface area (TPSA) is 94.2 Å². The summed E-state index contributed by atoms with van der Waals surface area (Å²) in [7, 11) is 0. The van der Waals surface area contributed by atoms with Crippen LogP contribution in [0.25, 0.3) is 0 Å². The number of likely N-dealkylation sites (tertiary alicyclic amines) is 1. The number of amides is 1. The molecule has 1 amide bonds. The Hall–Kier alpha value is -2.79. The largest absolute Gasteiger partial charge is 0.473 e. The molecular formula is C22H24F3N5O2S. The minimum absolute atomic E-state index is 0.00726. The SMILES string of the molecule is NC(=O)C1C(F)=CC=CC1(CCN1CCC(Oc2cnccn2)CC1)c1scnc1C(F)F. The highest BCUT2D eigenvalue weighted by molar-refractivity contribution is 7.10. The molecule has 11 heteroatoms. The third kappa shape index (κ3) is 4.93. The van der Waals surface area contributed by atoms with Crippen LogP contribution in [0.1, 0.15) is 36.3 Å². The maximum Gasteiger partial charge on any atom is 0.281 e. The summed E-state index contributed by atoms with van der Waals surface area (Å²) in [5.74, 6) is -2.51. The van der Waals surface area contributed by atoms with Gasteiger partial charge < -0.3 is 15.4 Å².